The summed E-state index contributed by atoms with van der Waals surface area (Å²) in [5.41, 5.74) is -0.706. The molecular weight excluding hydrogens is 286 g/mol. The number of rotatable bonds is 7. The molecule has 0 aromatic heterocycles. The Hall–Kier alpha value is -0.990. The van der Waals surface area contributed by atoms with Gasteiger partial charge in [0.2, 0.25) is 0 Å². The summed E-state index contributed by atoms with van der Waals surface area (Å²) in [7, 11) is 0. The van der Waals surface area contributed by atoms with Crippen LogP contribution in [0.5, 0.6) is 0 Å². The summed E-state index contributed by atoms with van der Waals surface area (Å²) < 4.78 is 4.97. The molecule has 0 heterocycles. The molecule has 0 aromatic carbocycles. The largest absolute Gasteiger partial charge is 0.480 e. The third-order valence-corrected chi connectivity index (χ3v) is 3.27. The van der Waals surface area contributed by atoms with Crippen LogP contribution in [-0.2, 0) is 9.53 Å². The minimum atomic E-state index is -1.19. The number of carboxylic acid groups (broad SMARTS) is 1. The number of amides is 1. The average Bonchev–Trinajstić information content (AvgIpc) is 2.24. The minimum Gasteiger partial charge on any atom is -0.480 e. The van der Waals surface area contributed by atoms with E-state index in [0.717, 1.165) is 11.8 Å². The van der Waals surface area contributed by atoms with Crippen LogP contribution in [-0.4, -0.2) is 62.7 Å². The molecule has 0 aliphatic heterocycles. The third kappa shape index (κ3) is 9.00. The quantitative estimate of drug-likeness (QED) is 0.539. The van der Waals surface area contributed by atoms with Crippen LogP contribution in [0.15, 0.2) is 0 Å². The summed E-state index contributed by atoms with van der Waals surface area (Å²) in [5.74, 6) is -0.939. The fourth-order valence-corrected chi connectivity index (χ4v) is 2.19. The number of carboxylic acids is 1. The number of carbonyl (C=O) groups excluding carboxylic acids is 1. The Bertz CT molecular complexity index is 328. The number of carbonyl (C=O) groups is 2. The van der Waals surface area contributed by atoms with E-state index in [1.807, 2.05) is 0 Å². The summed E-state index contributed by atoms with van der Waals surface area (Å²) in [6.45, 7) is 6.47. The van der Waals surface area contributed by atoms with Crippen molar-refractivity contribution in [3.05, 3.63) is 0 Å². The molecule has 0 bridgehead atoms. The summed E-state index contributed by atoms with van der Waals surface area (Å²) >= 11 is 1.12. The van der Waals surface area contributed by atoms with Crippen LogP contribution in [0.25, 0.3) is 0 Å². The molecule has 0 aromatic rings. The number of thioether (sulfide) groups is 1. The van der Waals surface area contributed by atoms with Crippen LogP contribution < -0.4 is 5.32 Å². The van der Waals surface area contributed by atoms with E-state index in [1.54, 1.807) is 20.8 Å². The van der Waals surface area contributed by atoms with Crippen molar-refractivity contribution in [3.63, 3.8) is 0 Å². The fraction of sp³-hybridized carbons (Fsp3) is 0.833. The van der Waals surface area contributed by atoms with Crippen molar-refractivity contribution in [1.82, 2.24) is 5.32 Å². The number of hydrogen-bond donors (Lipinski definition) is 4. The Morgan fingerprint density at radius 2 is 1.80 bits per heavy atom. The Morgan fingerprint density at radius 1 is 1.25 bits per heavy atom. The van der Waals surface area contributed by atoms with Gasteiger partial charge >= 0.3 is 12.1 Å². The highest BCUT2D eigenvalue weighted by atomic mass is 32.2. The van der Waals surface area contributed by atoms with Crippen molar-refractivity contribution >= 4 is 23.8 Å². The average molecular weight is 309 g/mol. The lowest BCUT2D eigenvalue weighted by molar-refractivity contribution is -0.138. The summed E-state index contributed by atoms with van der Waals surface area (Å²) in [6.07, 6.45) is -2.62. The monoisotopic (exact) mass is 309 g/mol. The van der Waals surface area contributed by atoms with Crippen molar-refractivity contribution < 1.29 is 29.6 Å². The van der Waals surface area contributed by atoms with Gasteiger partial charge in [0.05, 0.1) is 12.2 Å². The lowest BCUT2D eigenvalue weighted by Gasteiger charge is -2.22. The van der Waals surface area contributed by atoms with Gasteiger partial charge in [0.25, 0.3) is 0 Å². The first-order valence-corrected chi connectivity index (χ1v) is 7.34. The summed E-state index contributed by atoms with van der Waals surface area (Å²) in [5, 5.41) is 29.7. The van der Waals surface area contributed by atoms with Gasteiger partial charge in [-0.25, -0.2) is 9.59 Å². The van der Waals surface area contributed by atoms with Gasteiger partial charge in [-0.15, -0.1) is 0 Å². The Balaban J connectivity index is 4.25. The van der Waals surface area contributed by atoms with Gasteiger partial charge in [0.15, 0.2) is 0 Å². The van der Waals surface area contributed by atoms with Gasteiger partial charge in [0, 0.05) is 11.5 Å². The molecule has 1 amide bonds. The van der Waals surface area contributed by atoms with Gasteiger partial charge in [-0.1, -0.05) is 0 Å². The third-order valence-electron chi connectivity index (χ3n) is 2.12. The number of aliphatic carboxylic acids is 1. The van der Waals surface area contributed by atoms with Gasteiger partial charge in [-0.2, -0.15) is 11.8 Å². The van der Waals surface area contributed by atoms with Crippen molar-refractivity contribution in [2.75, 3.05) is 11.5 Å². The fourth-order valence-electron chi connectivity index (χ4n) is 1.07. The predicted octanol–water partition coefficient (Wildman–Crippen LogP) is 0.439. The SMILES string of the molecule is CC(O)[C@@H](O)CSC[C@H](NC(=O)OC(C)(C)C)C(=O)O. The zero-order valence-corrected chi connectivity index (χ0v) is 12.9. The number of nitrogens with one attached hydrogen (secondary N) is 1. The predicted molar refractivity (Wildman–Crippen MR) is 75.8 cm³/mol. The number of hydrogen-bond acceptors (Lipinski definition) is 6. The van der Waals surface area contributed by atoms with Crippen LogP contribution in [0, 0.1) is 0 Å². The van der Waals surface area contributed by atoms with Crippen LogP contribution in [0.4, 0.5) is 4.79 Å². The zero-order chi connectivity index (χ0) is 15.9. The van der Waals surface area contributed by atoms with Gasteiger partial charge in [-0.3, -0.25) is 0 Å². The van der Waals surface area contributed by atoms with E-state index in [4.69, 9.17) is 14.9 Å². The van der Waals surface area contributed by atoms with Crippen molar-refractivity contribution in [2.45, 2.75) is 51.5 Å². The van der Waals surface area contributed by atoms with Crippen LogP contribution in [0.2, 0.25) is 0 Å². The Kier molecular flexibility index (Phi) is 7.92. The lowest BCUT2D eigenvalue weighted by Crippen LogP contribution is -2.45. The zero-order valence-electron chi connectivity index (χ0n) is 12.1. The molecule has 4 N–H and O–H groups in total. The molecule has 0 spiro atoms. The molecule has 0 saturated carbocycles. The van der Waals surface area contributed by atoms with E-state index >= 15 is 0 Å². The maximum atomic E-state index is 11.5. The first-order chi connectivity index (χ1) is 9.03. The van der Waals surface area contributed by atoms with E-state index in [9.17, 15) is 14.7 Å². The molecule has 0 radical (unpaired) electrons. The standard InChI is InChI=1S/C12H23NO6S/c1-7(14)9(15)6-20-5-8(10(16)17)13-11(18)19-12(2,3)4/h7-9,14-15H,5-6H2,1-4H3,(H,13,18)(H,16,17)/t7?,8-,9-/m0/s1. The van der Waals surface area contributed by atoms with E-state index in [0.29, 0.717) is 0 Å². The van der Waals surface area contributed by atoms with Gasteiger partial charge < -0.3 is 25.4 Å². The first kappa shape index (κ1) is 19.0. The minimum absolute atomic E-state index is 0.0678. The summed E-state index contributed by atoms with van der Waals surface area (Å²) in [6, 6.07) is -1.11. The van der Waals surface area contributed by atoms with Crippen LogP contribution >= 0.6 is 11.8 Å². The topological polar surface area (TPSA) is 116 Å². The highest BCUT2D eigenvalue weighted by molar-refractivity contribution is 7.99. The molecule has 0 aliphatic rings. The number of aliphatic hydroxyl groups excluding tert-OH is 2. The maximum Gasteiger partial charge on any atom is 0.408 e. The van der Waals surface area contributed by atoms with E-state index in [-0.39, 0.29) is 11.5 Å². The van der Waals surface area contributed by atoms with Gasteiger partial charge in [-0.05, 0) is 27.7 Å². The Labute approximate surface area is 122 Å². The van der Waals surface area contributed by atoms with Crippen molar-refractivity contribution in [1.29, 1.82) is 0 Å². The Morgan fingerprint density at radius 3 is 2.20 bits per heavy atom. The molecule has 0 saturated heterocycles. The second-order valence-corrected chi connectivity index (χ2v) is 6.46. The van der Waals surface area contributed by atoms with Gasteiger partial charge in [0.1, 0.15) is 11.6 Å². The number of alkyl carbamates (subject to hydrolysis) is 1. The van der Waals surface area contributed by atoms with Crippen molar-refractivity contribution in [2.24, 2.45) is 0 Å². The van der Waals surface area contributed by atoms with E-state index in [1.165, 1.54) is 6.92 Å². The number of ether oxygens (including phenoxy) is 1. The highest BCUT2D eigenvalue weighted by Gasteiger charge is 2.24. The molecular formula is C12H23NO6S. The molecule has 8 heteroatoms. The molecule has 20 heavy (non-hydrogen) atoms. The molecule has 0 aliphatic carbocycles. The second-order valence-electron chi connectivity index (χ2n) is 5.38. The molecule has 7 nitrogen and oxygen atoms in total. The van der Waals surface area contributed by atoms with Crippen molar-refractivity contribution in [3.8, 4) is 0 Å². The lowest BCUT2D eigenvalue weighted by atomic mass is 10.2. The molecule has 3 atom stereocenters. The molecule has 0 fully saturated rings. The summed E-state index contributed by atoms with van der Waals surface area (Å²) in [4.78, 5) is 22.5. The maximum absolute atomic E-state index is 11.5. The van der Waals surface area contributed by atoms with E-state index in [2.05, 4.69) is 5.32 Å². The smallest absolute Gasteiger partial charge is 0.408 e. The number of aliphatic hydroxyl groups is 2. The normalized spacial score (nSPS) is 16.1. The second kappa shape index (κ2) is 8.33. The van der Waals surface area contributed by atoms with Crippen LogP contribution in [0.1, 0.15) is 27.7 Å². The van der Waals surface area contributed by atoms with Crippen LogP contribution in [0.3, 0.4) is 0 Å². The first-order valence-electron chi connectivity index (χ1n) is 6.19. The molecule has 118 valence electrons. The molecule has 1 unspecified atom stereocenters. The highest BCUT2D eigenvalue weighted by Crippen LogP contribution is 2.10. The van der Waals surface area contributed by atoms with E-state index < -0.39 is 35.9 Å². The molecule has 0 rings (SSSR count).